The molecule has 1 unspecified atom stereocenters. The quantitative estimate of drug-likeness (QED) is 0.784. The Kier molecular flexibility index (Phi) is 4.78. The van der Waals surface area contributed by atoms with Crippen molar-refractivity contribution in [3.8, 4) is 0 Å². The minimum absolute atomic E-state index is 0.0414. The Hall–Kier alpha value is -0.870. The maximum atomic E-state index is 12.6. The Balaban J connectivity index is 2.50. The Morgan fingerprint density at radius 3 is 2.60 bits per heavy atom. The van der Waals surface area contributed by atoms with Gasteiger partial charge in [0.25, 0.3) is 0 Å². The SMILES string of the molecule is CC(CO)SCC(=O)c1ccc(F)cc1. The van der Waals surface area contributed by atoms with Gasteiger partial charge in [0.05, 0.1) is 12.4 Å². The number of ketones is 1. The van der Waals surface area contributed by atoms with Crippen LogP contribution in [0.15, 0.2) is 24.3 Å². The highest BCUT2D eigenvalue weighted by Crippen LogP contribution is 2.13. The Labute approximate surface area is 92.5 Å². The van der Waals surface area contributed by atoms with E-state index < -0.39 is 0 Å². The summed E-state index contributed by atoms with van der Waals surface area (Å²) in [6, 6.07) is 5.49. The molecule has 0 spiro atoms. The molecule has 0 radical (unpaired) electrons. The number of aliphatic hydroxyl groups is 1. The monoisotopic (exact) mass is 228 g/mol. The first kappa shape index (κ1) is 12.2. The highest BCUT2D eigenvalue weighted by molar-refractivity contribution is 8.00. The first-order valence-corrected chi connectivity index (χ1v) is 5.69. The van der Waals surface area contributed by atoms with Gasteiger partial charge in [-0.15, -0.1) is 11.8 Å². The van der Waals surface area contributed by atoms with Crippen LogP contribution in [0.1, 0.15) is 17.3 Å². The zero-order chi connectivity index (χ0) is 11.3. The summed E-state index contributed by atoms with van der Waals surface area (Å²) >= 11 is 1.39. The van der Waals surface area contributed by atoms with Crippen LogP contribution in [0.25, 0.3) is 0 Å². The topological polar surface area (TPSA) is 37.3 Å². The van der Waals surface area contributed by atoms with Crippen molar-refractivity contribution in [3.05, 3.63) is 35.6 Å². The van der Waals surface area contributed by atoms with E-state index in [0.717, 1.165) is 0 Å². The predicted octanol–water partition coefficient (Wildman–Crippen LogP) is 2.12. The second kappa shape index (κ2) is 5.88. The van der Waals surface area contributed by atoms with Crippen molar-refractivity contribution >= 4 is 17.5 Å². The normalized spacial score (nSPS) is 12.5. The maximum absolute atomic E-state index is 12.6. The van der Waals surface area contributed by atoms with E-state index in [-0.39, 0.29) is 23.5 Å². The van der Waals surface area contributed by atoms with Crippen LogP contribution < -0.4 is 0 Å². The molecule has 4 heteroatoms. The highest BCUT2D eigenvalue weighted by Gasteiger charge is 2.08. The maximum Gasteiger partial charge on any atom is 0.172 e. The van der Waals surface area contributed by atoms with Crippen LogP contribution in [0.5, 0.6) is 0 Å². The first-order valence-electron chi connectivity index (χ1n) is 4.64. The number of aliphatic hydroxyl groups excluding tert-OH is 1. The molecule has 1 aromatic carbocycles. The molecule has 82 valence electrons. The largest absolute Gasteiger partial charge is 0.395 e. The molecule has 15 heavy (non-hydrogen) atoms. The van der Waals surface area contributed by atoms with Crippen LogP contribution in [0.2, 0.25) is 0 Å². The molecule has 2 nitrogen and oxygen atoms in total. The lowest BCUT2D eigenvalue weighted by atomic mass is 10.1. The van der Waals surface area contributed by atoms with Gasteiger partial charge < -0.3 is 5.11 Å². The van der Waals surface area contributed by atoms with Crippen LogP contribution in [0.4, 0.5) is 4.39 Å². The van der Waals surface area contributed by atoms with E-state index in [2.05, 4.69) is 0 Å². The summed E-state index contributed by atoms with van der Waals surface area (Å²) in [5.74, 6) is -0.0730. The minimum atomic E-state index is -0.345. The van der Waals surface area contributed by atoms with Gasteiger partial charge in [-0.1, -0.05) is 6.92 Å². The third-order valence-corrected chi connectivity index (χ3v) is 3.07. The van der Waals surface area contributed by atoms with Gasteiger partial charge in [-0.3, -0.25) is 4.79 Å². The number of hydrogen-bond donors (Lipinski definition) is 1. The van der Waals surface area contributed by atoms with Gasteiger partial charge in [0.15, 0.2) is 5.78 Å². The zero-order valence-corrected chi connectivity index (χ0v) is 9.26. The van der Waals surface area contributed by atoms with Crippen LogP contribution in [-0.2, 0) is 0 Å². The first-order chi connectivity index (χ1) is 7.13. The predicted molar refractivity (Wildman–Crippen MR) is 59.7 cm³/mol. The molecule has 1 N–H and O–H groups in total. The number of Topliss-reactive ketones (excluding diaryl/α,β-unsaturated/α-hetero) is 1. The lowest BCUT2D eigenvalue weighted by molar-refractivity contribution is 0.102. The number of rotatable bonds is 5. The summed E-state index contributed by atoms with van der Waals surface area (Å²) in [7, 11) is 0. The zero-order valence-electron chi connectivity index (χ0n) is 8.44. The summed E-state index contributed by atoms with van der Waals surface area (Å²) in [6.07, 6.45) is 0. The van der Waals surface area contributed by atoms with Crippen LogP contribution in [0, 0.1) is 5.82 Å². The summed E-state index contributed by atoms with van der Waals surface area (Å²) in [5.41, 5.74) is 0.508. The molecule has 1 rings (SSSR count). The second-order valence-electron chi connectivity index (χ2n) is 3.23. The molecule has 1 atom stereocenters. The van der Waals surface area contributed by atoms with Crippen molar-refractivity contribution in [1.82, 2.24) is 0 Å². The van der Waals surface area contributed by atoms with Crippen molar-refractivity contribution in [2.45, 2.75) is 12.2 Å². The summed E-state index contributed by atoms with van der Waals surface area (Å²) in [6.45, 7) is 1.91. The van der Waals surface area contributed by atoms with Crippen molar-refractivity contribution in [3.63, 3.8) is 0 Å². The molecular weight excluding hydrogens is 215 g/mol. The molecule has 1 aromatic rings. The molecule has 0 aliphatic rings. The standard InChI is InChI=1S/C11H13FO2S/c1-8(6-13)15-7-11(14)9-2-4-10(12)5-3-9/h2-5,8,13H,6-7H2,1H3. The average Bonchev–Trinajstić information content (AvgIpc) is 2.26. The van der Waals surface area contributed by atoms with E-state index in [9.17, 15) is 9.18 Å². The van der Waals surface area contributed by atoms with E-state index in [0.29, 0.717) is 11.3 Å². The van der Waals surface area contributed by atoms with E-state index in [1.807, 2.05) is 6.92 Å². The van der Waals surface area contributed by atoms with E-state index in [1.165, 1.54) is 36.0 Å². The molecule has 0 bridgehead atoms. The van der Waals surface area contributed by atoms with Crippen LogP contribution >= 0.6 is 11.8 Å². The second-order valence-corrected chi connectivity index (χ2v) is 4.66. The minimum Gasteiger partial charge on any atom is -0.395 e. The molecule has 0 saturated heterocycles. The van der Waals surface area contributed by atoms with Gasteiger partial charge in [0.1, 0.15) is 5.82 Å². The van der Waals surface area contributed by atoms with Gasteiger partial charge >= 0.3 is 0 Å². The number of carbonyl (C=O) groups excluding carboxylic acids is 1. The van der Waals surface area contributed by atoms with Crippen molar-refractivity contribution in [2.75, 3.05) is 12.4 Å². The fourth-order valence-corrected chi connectivity index (χ4v) is 1.70. The lowest BCUT2D eigenvalue weighted by Crippen LogP contribution is -2.09. The van der Waals surface area contributed by atoms with Crippen LogP contribution in [-0.4, -0.2) is 28.5 Å². The molecule has 0 heterocycles. The molecule has 0 aliphatic carbocycles. The van der Waals surface area contributed by atoms with Crippen molar-refractivity contribution in [2.24, 2.45) is 0 Å². The fraction of sp³-hybridized carbons (Fsp3) is 0.364. The molecule has 0 amide bonds. The van der Waals surface area contributed by atoms with E-state index >= 15 is 0 Å². The number of carbonyl (C=O) groups is 1. The highest BCUT2D eigenvalue weighted by atomic mass is 32.2. The van der Waals surface area contributed by atoms with Gasteiger partial charge in [-0.05, 0) is 24.3 Å². The average molecular weight is 228 g/mol. The molecule has 0 fully saturated rings. The third kappa shape index (κ3) is 4.01. The van der Waals surface area contributed by atoms with Crippen molar-refractivity contribution < 1.29 is 14.3 Å². The summed E-state index contributed by atoms with van der Waals surface area (Å²) < 4.78 is 12.6. The molecule has 0 aliphatic heterocycles. The fourth-order valence-electron chi connectivity index (χ4n) is 0.990. The molecule has 0 aromatic heterocycles. The summed E-state index contributed by atoms with van der Waals surface area (Å²) in [5, 5.41) is 8.82. The lowest BCUT2D eigenvalue weighted by Gasteiger charge is -2.06. The van der Waals surface area contributed by atoms with E-state index in [1.54, 1.807) is 0 Å². The third-order valence-electron chi connectivity index (χ3n) is 1.92. The number of benzene rings is 1. The van der Waals surface area contributed by atoms with Gasteiger partial charge in [-0.25, -0.2) is 4.39 Å². The van der Waals surface area contributed by atoms with Gasteiger partial charge in [0.2, 0.25) is 0 Å². The van der Waals surface area contributed by atoms with Crippen LogP contribution in [0.3, 0.4) is 0 Å². The molecular formula is C11H13FO2S. The Bertz CT molecular complexity index is 324. The van der Waals surface area contributed by atoms with E-state index in [4.69, 9.17) is 5.11 Å². The van der Waals surface area contributed by atoms with Gasteiger partial charge in [0, 0.05) is 10.8 Å². The van der Waals surface area contributed by atoms with Gasteiger partial charge in [-0.2, -0.15) is 0 Å². The number of halogens is 1. The Morgan fingerprint density at radius 2 is 2.07 bits per heavy atom. The summed E-state index contributed by atoms with van der Waals surface area (Å²) in [4.78, 5) is 11.6. The van der Waals surface area contributed by atoms with Crippen molar-refractivity contribution in [1.29, 1.82) is 0 Å². The Morgan fingerprint density at radius 1 is 1.47 bits per heavy atom. The smallest absolute Gasteiger partial charge is 0.172 e. The number of thioether (sulfide) groups is 1. The number of hydrogen-bond acceptors (Lipinski definition) is 3. The molecule has 0 saturated carbocycles.